The number of nitrogens with zero attached hydrogens (tertiary/aromatic N) is 6. The topological polar surface area (TPSA) is 169 Å². The molecule has 13 heteroatoms. The Balaban J connectivity index is 1.38. The van der Waals surface area contributed by atoms with Gasteiger partial charge in [-0.2, -0.15) is 15.3 Å². The predicted octanol–water partition coefficient (Wildman–Crippen LogP) is 0.977. The molecule has 4 N–H and O–H groups in total. The second-order valence-corrected chi connectivity index (χ2v) is 9.61. The number of primary amides is 1. The Bertz CT molecular complexity index is 1440. The number of carbonyl (C=O) groups is 3. The molecule has 0 bridgehead atoms. The second-order valence-electron chi connectivity index (χ2n) is 9.61. The minimum Gasteiger partial charge on any atom is -0.506 e. The molecule has 0 saturated carbocycles. The molecule has 2 aliphatic rings. The lowest BCUT2D eigenvalue weighted by atomic mass is 9.74. The molecule has 3 atom stereocenters. The van der Waals surface area contributed by atoms with Gasteiger partial charge in [-0.1, -0.05) is 13.0 Å². The molecule has 3 aromatic heterocycles. The van der Waals surface area contributed by atoms with E-state index >= 15 is 0 Å². The van der Waals surface area contributed by atoms with E-state index in [1.54, 1.807) is 18.5 Å². The summed E-state index contributed by atoms with van der Waals surface area (Å²) in [5.41, 5.74) is 7.37. The van der Waals surface area contributed by atoms with Gasteiger partial charge < -0.3 is 21.1 Å². The van der Waals surface area contributed by atoms with E-state index in [0.717, 1.165) is 10.5 Å². The Hall–Kier alpha value is -4.68. The summed E-state index contributed by atoms with van der Waals surface area (Å²) in [7, 11) is 0. The third-order valence-electron chi connectivity index (χ3n) is 6.87. The highest BCUT2D eigenvalue weighted by molar-refractivity contribution is 5.98. The Morgan fingerprint density at radius 3 is 2.79 bits per heavy atom. The summed E-state index contributed by atoms with van der Waals surface area (Å²) in [6.07, 6.45) is 8.29. The first-order valence-electron chi connectivity index (χ1n) is 11.9. The van der Waals surface area contributed by atoms with Gasteiger partial charge in [0.05, 0.1) is 36.5 Å². The first-order chi connectivity index (χ1) is 18.1. The van der Waals surface area contributed by atoms with Gasteiger partial charge in [0, 0.05) is 29.7 Å². The maximum absolute atomic E-state index is 14.4. The van der Waals surface area contributed by atoms with E-state index in [1.807, 2.05) is 19.1 Å². The number of pyridine rings is 1. The number of rotatable bonds is 6. The van der Waals surface area contributed by atoms with Crippen LogP contribution in [0.2, 0.25) is 0 Å². The van der Waals surface area contributed by atoms with Crippen molar-refractivity contribution in [3.05, 3.63) is 65.5 Å². The highest BCUT2D eigenvalue weighted by Crippen LogP contribution is 2.37. The van der Waals surface area contributed by atoms with E-state index in [2.05, 4.69) is 25.6 Å². The number of aromatic nitrogens is 5. The Labute approximate surface area is 216 Å². The molecule has 1 saturated heterocycles. The molecule has 3 unspecified atom stereocenters. The van der Waals surface area contributed by atoms with Crippen molar-refractivity contribution in [1.82, 2.24) is 29.9 Å². The van der Waals surface area contributed by atoms with Crippen LogP contribution in [0.25, 0.3) is 6.08 Å². The second kappa shape index (κ2) is 9.65. The van der Waals surface area contributed by atoms with Gasteiger partial charge in [0.25, 0.3) is 5.91 Å². The first kappa shape index (κ1) is 25.0. The summed E-state index contributed by atoms with van der Waals surface area (Å²) in [4.78, 5) is 43.4. The van der Waals surface area contributed by atoms with E-state index in [-0.39, 0.29) is 36.6 Å². The average molecular weight is 521 g/mol. The van der Waals surface area contributed by atoms with Crippen LogP contribution in [0.5, 0.6) is 5.75 Å². The number of likely N-dealkylation sites (tertiary alicyclic amines) is 1. The van der Waals surface area contributed by atoms with Gasteiger partial charge in [-0.25, -0.2) is 4.39 Å². The number of hydrogen-bond acceptors (Lipinski definition) is 8. The van der Waals surface area contributed by atoms with Crippen LogP contribution in [0.1, 0.15) is 40.7 Å². The number of allylic oxidation sites excluding steroid dienone is 1. The maximum Gasteiger partial charge on any atom is 0.269 e. The van der Waals surface area contributed by atoms with E-state index in [9.17, 15) is 23.9 Å². The monoisotopic (exact) mass is 520 g/mol. The highest BCUT2D eigenvalue weighted by Gasteiger charge is 2.41. The summed E-state index contributed by atoms with van der Waals surface area (Å²) in [5.74, 6) is -2.03. The lowest BCUT2D eigenvalue weighted by Crippen LogP contribution is -2.44. The number of aromatic hydroxyl groups is 1. The molecule has 0 aromatic carbocycles. The highest BCUT2D eigenvalue weighted by atomic mass is 19.1. The quantitative estimate of drug-likeness (QED) is 0.432. The number of amides is 3. The number of alkyl halides is 1. The predicted molar refractivity (Wildman–Crippen MR) is 132 cm³/mol. The van der Waals surface area contributed by atoms with Gasteiger partial charge in [-0.05, 0) is 24.1 Å². The Kier molecular flexibility index (Phi) is 6.35. The molecule has 1 fully saturated rings. The van der Waals surface area contributed by atoms with Crippen molar-refractivity contribution in [2.45, 2.75) is 43.9 Å². The van der Waals surface area contributed by atoms with Crippen molar-refractivity contribution in [2.24, 2.45) is 5.73 Å². The molecule has 0 spiro atoms. The fraction of sp³-hybridized carbons (Fsp3) is 0.320. The molecular formula is C25H25FN8O4. The molecular weight excluding hydrogens is 495 g/mol. The van der Waals surface area contributed by atoms with Crippen LogP contribution in [0.15, 0.2) is 43.0 Å². The zero-order valence-corrected chi connectivity index (χ0v) is 20.4. The third-order valence-corrected chi connectivity index (χ3v) is 6.87. The largest absolute Gasteiger partial charge is 0.506 e. The number of carbonyl (C=O) groups excluding carboxylic acids is 3. The maximum atomic E-state index is 14.4. The van der Waals surface area contributed by atoms with Gasteiger partial charge in [-0.3, -0.25) is 24.0 Å². The van der Waals surface area contributed by atoms with Crippen LogP contribution in [0, 0.1) is 0 Å². The van der Waals surface area contributed by atoms with E-state index in [4.69, 9.17) is 5.73 Å². The molecule has 0 radical (unpaired) electrons. The Morgan fingerprint density at radius 1 is 1.26 bits per heavy atom. The van der Waals surface area contributed by atoms with Gasteiger partial charge in [-0.15, -0.1) is 0 Å². The van der Waals surface area contributed by atoms with Crippen molar-refractivity contribution in [3.63, 3.8) is 0 Å². The molecule has 3 aromatic rings. The fourth-order valence-corrected chi connectivity index (χ4v) is 4.96. The number of fused-ring (bicyclic) bond motifs is 1. The van der Waals surface area contributed by atoms with Crippen molar-refractivity contribution in [1.29, 1.82) is 0 Å². The van der Waals surface area contributed by atoms with Crippen LogP contribution < -0.4 is 11.1 Å². The van der Waals surface area contributed by atoms with Crippen molar-refractivity contribution in [2.75, 3.05) is 11.9 Å². The lowest BCUT2D eigenvalue weighted by molar-refractivity contribution is -0.137. The summed E-state index contributed by atoms with van der Waals surface area (Å²) in [6, 6.07) is 2.06. The number of hydrogen-bond donors (Lipinski definition) is 3. The molecule has 3 amide bonds. The lowest BCUT2D eigenvalue weighted by Gasteiger charge is -2.29. The molecule has 1 aliphatic heterocycles. The van der Waals surface area contributed by atoms with Gasteiger partial charge in [0.2, 0.25) is 11.8 Å². The normalized spacial score (nSPS) is 22.2. The first-order valence-corrected chi connectivity index (χ1v) is 11.9. The molecule has 38 heavy (non-hydrogen) atoms. The fourth-order valence-electron chi connectivity index (χ4n) is 4.96. The van der Waals surface area contributed by atoms with E-state index < -0.39 is 35.4 Å². The molecule has 12 nitrogen and oxygen atoms in total. The van der Waals surface area contributed by atoms with Crippen LogP contribution >= 0.6 is 0 Å². The van der Waals surface area contributed by atoms with Crippen molar-refractivity contribution < 1.29 is 23.9 Å². The summed E-state index contributed by atoms with van der Waals surface area (Å²) < 4.78 is 15.7. The van der Waals surface area contributed by atoms with Crippen LogP contribution in [-0.4, -0.2) is 71.4 Å². The van der Waals surface area contributed by atoms with E-state index in [0.29, 0.717) is 17.7 Å². The van der Waals surface area contributed by atoms with Crippen LogP contribution in [-0.2, 0) is 28.0 Å². The summed E-state index contributed by atoms with van der Waals surface area (Å²) >= 11 is 0. The standard InChI is InChI=1S/C25H25FN8O4/c1-25(14-3-5-29-30-9-14)4-2-19-18(8-25)22(23(27)37)32-34(19)13-21(36)33-12-15(26)6-20(33)24(38)31-16-7-17(35)11-28-10-16/h2-5,7,9-11,15,20,35H,6,8,12-13H2,1H3,(H2,27,37)(H,31,38). The number of anilines is 1. The van der Waals surface area contributed by atoms with Gasteiger partial charge >= 0.3 is 0 Å². The number of halogens is 1. The van der Waals surface area contributed by atoms with Crippen LogP contribution in [0.4, 0.5) is 10.1 Å². The Morgan fingerprint density at radius 2 is 2.08 bits per heavy atom. The summed E-state index contributed by atoms with van der Waals surface area (Å²) in [6.45, 7) is 1.40. The molecule has 4 heterocycles. The van der Waals surface area contributed by atoms with Crippen molar-refractivity contribution >= 4 is 29.5 Å². The smallest absolute Gasteiger partial charge is 0.269 e. The van der Waals surface area contributed by atoms with Crippen molar-refractivity contribution in [3.8, 4) is 5.75 Å². The number of nitrogens with two attached hydrogens (primary N) is 1. The van der Waals surface area contributed by atoms with E-state index in [1.165, 1.54) is 23.1 Å². The minimum atomic E-state index is -1.39. The molecule has 5 rings (SSSR count). The summed E-state index contributed by atoms with van der Waals surface area (Å²) in [5, 5.41) is 24.2. The minimum absolute atomic E-state index is 0.0425. The zero-order chi connectivity index (χ0) is 27.0. The average Bonchev–Trinajstić information content (AvgIpc) is 3.45. The third kappa shape index (κ3) is 4.69. The van der Waals surface area contributed by atoms with Gasteiger partial charge in [0.15, 0.2) is 5.69 Å². The zero-order valence-electron chi connectivity index (χ0n) is 20.4. The molecule has 1 aliphatic carbocycles. The van der Waals surface area contributed by atoms with Gasteiger partial charge in [0.1, 0.15) is 24.5 Å². The van der Waals surface area contributed by atoms with Crippen LogP contribution in [0.3, 0.4) is 0 Å². The number of nitrogens with one attached hydrogen (secondary N) is 1. The molecule has 196 valence electrons. The SMILES string of the molecule is CC1(c2ccnnc2)C=Cc2c(c(C(N)=O)nn2CC(=O)N2CC(F)CC2C(=O)Nc2cncc(O)c2)C1.